The molecule has 1 nitrogen and oxygen atoms in total. The molecular formula is C15H14O. The summed E-state index contributed by atoms with van der Waals surface area (Å²) >= 11 is 0. The van der Waals surface area contributed by atoms with Gasteiger partial charge < -0.3 is 4.74 Å². The minimum atomic E-state index is 0.719. The van der Waals surface area contributed by atoms with Crippen LogP contribution in [0.3, 0.4) is 0 Å². The van der Waals surface area contributed by atoms with Gasteiger partial charge in [0, 0.05) is 5.56 Å². The van der Waals surface area contributed by atoms with Crippen molar-refractivity contribution in [3.05, 3.63) is 47.5 Å². The van der Waals surface area contributed by atoms with E-state index in [1.54, 1.807) is 0 Å². The van der Waals surface area contributed by atoms with Crippen molar-refractivity contribution < 1.29 is 4.74 Å². The van der Waals surface area contributed by atoms with E-state index in [1.165, 1.54) is 27.5 Å². The summed E-state index contributed by atoms with van der Waals surface area (Å²) in [4.78, 5) is 0. The second-order valence-electron chi connectivity index (χ2n) is 4.35. The monoisotopic (exact) mass is 210 g/mol. The van der Waals surface area contributed by atoms with Crippen LogP contribution in [0, 0.1) is 0 Å². The maximum atomic E-state index is 5.76. The molecule has 0 fully saturated rings. The molecule has 0 amide bonds. The number of benzene rings is 2. The van der Waals surface area contributed by atoms with Gasteiger partial charge in [-0.15, -0.1) is 0 Å². The summed E-state index contributed by atoms with van der Waals surface area (Å²) in [6.45, 7) is 5.04. The largest absolute Gasteiger partial charge is 0.489 e. The molecule has 0 radical (unpaired) electrons. The second kappa shape index (κ2) is 3.38. The molecule has 1 heteroatoms. The van der Waals surface area contributed by atoms with E-state index >= 15 is 0 Å². The van der Waals surface area contributed by atoms with Crippen molar-refractivity contribution in [3.63, 3.8) is 0 Å². The lowest BCUT2D eigenvalue weighted by Crippen LogP contribution is -2.08. The third kappa shape index (κ3) is 1.25. The van der Waals surface area contributed by atoms with E-state index in [0.29, 0.717) is 0 Å². The molecule has 0 unspecified atom stereocenters. The van der Waals surface area contributed by atoms with Crippen LogP contribution in [0.2, 0.25) is 0 Å². The molecule has 1 aliphatic rings. The Morgan fingerprint density at radius 3 is 2.69 bits per heavy atom. The molecule has 0 atom stereocenters. The van der Waals surface area contributed by atoms with Crippen molar-refractivity contribution in [2.75, 3.05) is 6.61 Å². The zero-order chi connectivity index (χ0) is 11.1. The van der Waals surface area contributed by atoms with Crippen LogP contribution in [0.25, 0.3) is 16.3 Å². The summed E-state index contributed by atoms with van der Waals surface area (Å²) in [6, 6.07) is 12.7. The third-order valence-electron chi connectivity index (χ3n) is 3.35. The molecular weight excluding hydrogens is 196 g/mol. The number of rotatable bonds is 0. The highest BCUT2D eigenvalue weighted by Gasteiger charge is 2.16. The molecule has 80 valence electrons. The van der Waals surface area contributed by atoms with Crippen LogP contribution in [0.5, 0.6) is 5.75 Å². The molecule has 16 heavy (non-hydrogen) atoms. The molecule has 3 rings (SSSR count). The average molecular weight is 210 g/mol. The van der Waals surface area contributed by atoms with Crippen molar-refractivity contribution >= 4 is 16.3 Å². The Bertz CT molecular complexity index is 593. The summed E-state index contributed by atoms with van der Waals surface area (Å²) in [5.41, 5.74) is 3.95. The average Bonchev–Trinajstić information content (AvgIpc) is 2.33. The van der Waals surface area contributed by atoms with Gasteiger partial charge in [0.2, 0.25) is 0 Å². The van der Waals surface area contributed by atoms with E-state index in [1.807, 2.05) is 0 Å². The lowest BCUT2D eigenvalue weighted by Gasteiger charge is -2.21. The zero-order valence-electron chi connectivity index (χ0n) is 9.58. The fourth-order valence-electron chi connectivity index (χ4n) is 2.27. The first-order valence-electron chi connectivity index (χ1n) is 5.58. The van der Waals surface area contributed by atoms with Crippen molar-refractivity contribution in [3.8, 4) is 5.75 Å². The van der Waals surface area contributed by atoms with Gasteiger partial charge in [-0.3, -0.25) is 0 Å². The Morgan fingerprint density at radius 2 is 1.81 bits per heavy atom. The van der Waals surface area contributed by atoms with Gasteiger partial charge in [-0.05, 0) is 41.8 Å². The highest BCUT2D eigenvalue weighted by atomic mass is 16.5. The maximum absolute atomic E-state index is 5.76. The van der Waals surface area contributed by atoms with Crippen molar-refractivity contribution in [2.24, 2.45) is 0 Å². The number of allylic oxidation sites excluding steroid dienone is 1. The van der Waals surface area contributed by atoms with Gasteiger partial charge >= 0.3 is 0 Å². The van der Waals surface area contributed by atoms with Crippen LogP contribution in [0.4, 0.5) is 0 Å². The topological polar surface area (TPSA) is 9.23 Å². The van der Waals surface area contributed by atoms with Crippen LogP contribution in [0.15, 0.2) is 42.0 Å². The first kappa shape index (κ1) is 9.46. The van der Waals surface area contributed by atoms with E-state index in [0.717, 1.165) is 12.4 Å². The number of hydrogen-bond acceptors (Lipinski definition) is 1. The molecule has 0 aliphatic carbocycles. The van der Waals surface area contributed by atoms with Crippen LogP contribution in [-0.4, -0.2) is 6.61 Å². The Morgan fingerprint density at radius 1 is 1.00 bits per heavy atom. The highest BCUT2D eigenvalue weighted by molar-refractivity contribution is 5.97. The van der Waals surface area contributed by atoms with Crippen molar-refractivity contribution in [1.82, 2.24) is 0 Å². The van der Waals surface area contributed by atoms with Gasteiger partial charge in [0.05, 0.1) is 0 Å². The molecule has 0 aromatic heterocycles. The standard InChI is InChI=1S/C15H14O/c1-10-9-16-14-8-7-12-5-3-4-6-13(12)15(14)11(10)2/h3-8H,9H2,1-2H3. The zero-order valence-corrected chi connectivity index (χ0v) is 9.58. The van der Waals surface area contributed by atoms with E-state index in [4.69, 9.17) is 4.74 Å². The van der Waals surface area contributed by atoms with Gasteiger partial charge in [-0.1, -0.05) is 30.3 Å². The van der Waals surface area contributed by atoms with Crippen LogP contribution in [0.1, 0.15) is 19.4 Å². The van der Waals surface area contributed by atoms with Crippen molar-refractivity contribution in [2.45, 2.75) is 13.8 Å². The number of hydrogen-bond donors (Lipinski definition) is 0. The quantitative estimate of drug-likeness (QED) is 0.638. The van der Waals surface area contributed by atoms with E-state index in [-0.39, 0.29) is 0 Å². The minimum absolute atomic E-state index is 0.719. The highest BCUT2D eigenvalue weighted by Crippen LogP contribution is 2.37. The van der Waals surface area contributed by atoms with Gasteiger partial charge in [0.1, 0.15) is 12.4 Å². The van der Waals surface area contributed by atoms with E-state index < -0.39 is 0 Å². The van der Waals surface area contributed by atoms with Gasteiger partial charge in [-0.25, -0.2) is 0 Å². The summed E-state index contributed by atoms with van der Waals surface area (Å²) in [6.07, 6.45) is 0. The lowest BCUT2D eigenvalue weighted by atomic mass is 9.94. The van der Waals surface area contributed by atoms with Crippen LogP contribution < -0.4 is 4.74 Å². The molecule has 0 bridgehead atoms. The van der Waals surface area contributed by atoms with Gasteiger partial charge in [0.15, 0.2) is 0 Å². The Hall–Kier alpha value is -1.76. The van der Waals surface area contributed by atoms with Crippen LogP contribution in [-0.2, 0) is 0 Å². The predicted molar refractivity (Wildman–Crippen MR) is 67.7 cm³/mol. The molecule has 2 aromatic rings. The Balaban J connectivity index is 2.43. The van der Waals surface area contributed by atoms with E-state index in [2.05, 4.69) is 50.2 Å². The first-order valence-corrected chi connectivity index (χ1v) is 5.58. The normalized spacial score (nSPS) is 14.9. The summed E-state index contributed by atoms with van der Waals surface area (Å²) in [5, 5.41) is 2.57. The minimum Gasteiger partial charge on any atom is -0.489 e. The predicted octanol–water partition coefficient (Wildman–Crippen LogP) is 4.03. The molecule has 0 N–H and O–H groups in total. The smallest absolute Gasteiger partial charge is 0.127 e. The van der Waals surface area contributed by atoms with Gasteiger partial charge in [-0.2, -0.15) is 0 Å². The summed E-state index contributed by atoms with van der Waals surface area (Å²) in [7, 11) is 0. The third-order valence-corrected chi connectivity index (χ3v) is 3.35. The number of ether oxygens (including phenoxy) is 1. The van der Waals surface area contributed by atoms with Crippen LogP contribution >= 0.6 is 0 Å². The molecule has 2 aromatic carbocycles. The fourth-order valence-corrected chi connectivity index (χ4v) is 2.27. The SMILES string of the molecule is CC1=C(C)c2c(ccc3ccccc23)OC1. The molecule has 0 spiro atoms. The molecule has 0 saturated carbocycles. The lowest BCUT2D eigenvalue weighted by molar-refractivity contribution is 0.346. The van der Waals surface area contributed by atoms with Gasteiger partial charge in [0.25, 0.3) is 0 Å². The molecule has 1 aliphatic heterocycles. The summed E-state index contributed by atoms with van der Waals surface area (Å²) in [5.74, 6) is 1.02. The fraction of sp³-hybridized carbons (Fsp3) is 0.200. The maximum Gasteiger partial charge on any atom is 0.127 e. The molecule has 0 saturated heterocycles. The first-order chi connectivity index (χ1) is 7.77. The summed E-state index contributed by atoms with van der Waals surface area (Å²) < 4.78 is 5.76. The van der Waals surface area contributed by atoms with E-state index in [9.17, 15) is 0 Å². The number of fused-ring (bicyclic) bond motifs is 3. The Labute approximate surface area is 95.4 Å². The second-order valence-corrected chi connectivity index (χ2v) is 4.35. The molecule has 1 heterocycles. The van der Waals surface area contributed by atoms with Crippen molar-refractivity contribution in [1.29, 1.82) is 0 Å². The Kier molecular flexibility index (Phi) is 2.00.